The van der Waals surface area contributed by atoms with E-state index in [1.165, 1.54) is 12.0 Å². The van der Waals surface area contributed by atoms with Gasteiger partial charge in [0.05, 0.1) is 0 Å². The van der Waals surface area contributed by atoms with Crippen molar-refractivity contribution in [2.45, 2.75) is 32.7 Å². The fourth-order valence-electron chi connectivity index (χ4n) is 1.29. The molecule has 0 radical (unpaired) electrons. The van der Waals surface area contributed by atoms with E-state index in [-0.39, 0.29) is 6.04 Å². The first-order valence-electron chi connectivity index (χ1n) is 4.85. The van der Waals surface area contributed by atoms with Crippen LogP contribution < -0.4 is 5.73 Å². The van der Waals surface area contributed by atoms with Gasteiger partial charge in [-0.15, -0.1) is 0 Å². The van der Waals surface area contributed by atoms with E-state index in [1.54, 1.807) is 12.4 Å². The van der Waals surface area contributed by atoms with E-state index in [9.17, 15) is 0 Å². The minimum atomic E-state index is 0.172. The summed E-state index contributed by atoms with van der Waals surface area (Å²) in [6.45, 7) is 4.44. The van der Waals surface area contributed by atoms with E-state index in [0.29, 0.717) is 0 Å². The first-order chi connectivity index (χ1) is 6.20. The van der Waals surface area contributed by atoms with Crippen molar-refractivity contribution in [2.24, 2.45) is 11.7 Å². The van der Waals surface area contributed by atoms with Gasteiger partial charge in [-0.05, 0) is 36.5 Å². The van der Waals surface area contributed by atoms with E-state index >= 15 is 0 Å². The molecule has 0 bridgehead atoms. The smallest absolute Gasteiger partial charge is 0.0296 e. The van der Waals surface area contributed by atoms with Gasteiger partial charge in [0.25, 0.3) is 0 Å². The van der Waals surface area contributed by atoms with Crippen LogP contribution in [0.4, 0.5) is 0 Å². The first-order valence-corrected chi connectivity index (χ1v) is 4.85. The zero-order valence-electron chi connectivity index (χ0n) is 8.40. The maximum atomic E-state index is 6.02. The summed E-state index contributed by atoms with van der Waals surface area (Å²) in [5.74, 6) is 0.730. The van der Waals surface area contributed by atoms with Crippen molar-refractivity contribution < 1.29 is 0 Å². The van der Waals surface area contributed by atoms with Crippen LogP contribution in [0.5, 0.6) is 0 Å². The molecule has 0 aliphatic heterocycles. The molecule has 13 heavy (non-hydrogen) atoms. The molecule has 1 rings (SSSR count). The SMILES string of the molecule is CC(C)CC[C@H](N)c1ccncc1. The molecule has 0 spiro atoms. The molecule has 0 unspecified atom stereocenters. The molecule has 0 saturated heterocycles. The summed E-state index contributed by atoms with van der Waals surface area (Å²) < 4.78 is 0. The predicted molar refractivity (Wildman–Crippen MR) is 55.2 cm³/mol. The first kappa shape index (κ1) is 10.2. The Bertz CT molecular complexity index is 231. The highest BCUT2D eigenvalue weighted by molar-refractivity contribution is 5.13. The van der Waals surface area contributed by atoms with Gasteiger partial charge in [-0.3, -0.25) is 4.98 Å². The number of rotatable bonds is 4. The summed E-state index contributed by atoms with van der Waals surface area (Å²) in [7, 11) is 0. The van der Waals surface area contributed by atoms with Gasteiger partial charge < -0.3 is 5.73 Å². The third-order valence-corrected chi connectivity index (χ3v) is 2.19. The van der Waals surface area contributed by atoms with Crippen LogP contribution in [0.3, 0.4) is 0 Å². The number of nitrogens with two attached hydrogens (primary N) is 1. The van der Waals surface area contributed by atoms with Gasteiger partial charge in [-0.1, -0.05) is 13.8 Å². The molecule has 2 heteroatoms. The van der Waals surface area contributed by atoms with Crippen molar-refractivity contribution in [1.29, 1.82) is 0 Å². The second-order valence-corrected chi connectivity index (χ2v) is 3.86. The molecule has 1 atom stereocenters. The van der Waals surface area contributed by atoms with Crippen LogP contribution in [-0.4, -0.2) is 4.98 Å². The molecule has 0 amide bonds. The lowest BCUT2D eigenvalue weighted by Crippen LogP contribution is -2.11. The lowest BCUT2D eigenvalue weighted by molar-refractivity contribution is 0.507. The summed E-state index contributed by atoms with van der Waals surface area (Å²) in [4.78, 5) is 3.97. The van der Waals surface area contributed by atoms with Gasteiger partial charge in [0.15, 0.2) is 0 Å². The summed E-state index contributed by atoms with van der Waals surface area (Å²) in [6.07, 6.45) is 5.83. The molecule has 0 aromatic carbocycles. The molecular weight excluding hydrogens is 160 g/mol. The third kappa shape index (κ3) is 3.55. The van der Waals surface area contributed by atoms with Crippen molar-refractivity contribution in [3.63, 3.8) is 0 Å². The lowest BCUT2D eigenvalue weighted by Gasteiger charge is -2.12. The van der Waals surface area contributed by atoms with Gasteiger partial charge in [-0.25, -0.2) is 0 Å². The molecule has 2 nitrogen and oxygen atoms in total. The molecule has 1 aromatic rings. The van der Waals surface area contributed by atoms with Crippen molar-refractivity contribution in [1.82, 2.24) is 4.98 Å². The van der Waals surface area contributed by atoms with Gasteiger partial charge in [0.1, 0.15) is 0 Å². The zero-order chi connectivity index (χ0) is 9.68. The van der Waals surface area contributed by atoms with Gasteiger partial charge in [0.2, 0.25) is 0 Å². The Hall–Kier alpha value is -0.890. The normalized spacial score (nSPS) is 13.2. The van der Waals surface area contributed by atoms with E-state index in [1.807, 2.05) is 12.1 Å². The van der Waals surface area contributed by atoms with Crippen molar-refractivity contribution in [3.8, 4) is 0 Å². The third-order valence-electron chi connectivity index (χ3n) is 2.19. The van der Waals surface area contributed by atoms with Crippen LogP contribution in [0.25, 0.3) is 0 Å². The Balaban J connectivity index is 2.44. The van der Waals surface area contributed by atoms with Crippen molar-refractivity contribution in [2.75, 3.05) is 0 Å². The van der Waals surface area contributed by atoms with E-state index in [2.05, 4.69) is 18.8 Å². The minimum absolute atomic E-state index is 0.172. The van der Waals surface area contributed by atoms with E-state index in [4.69, 9.17) is 5.73 Å². The highest BCUT2D eigenvalue weighted by Gasteiger charge is 2.05. The van der Waals surface area contributed by atoms with Crippen LogP contribution >= 0.6 is 0 Å². The molecule has 1 aromatic heterocycles. The molecule has 0 aliphatic carbocycles. The second kappa shape index (κ2) is 4.97. The van der Waals surface area contributed by atoms with Crippen LogP contribution in [0.2, 0.25) is 0 Å². The fraction of sp³-hybridized carbons (Fsp3) is 0.545. The van der Waals surface area contributed by atoms with Crippen LogP contribution in [0.1, 0.15) is 38.3 Å². The Labute approximate surface area is 80.2 Å². The van der Waals surface area contributed by atoms with Gasteiger partial charge in [-0.2, -0.15) is 0 Å². The maximum Gasteiger partial charge on any atom is 0.0296 e. The van der Waals surface area contributed by atoms with Crippen LogP contribution in [0.15, 0.2) is 24.5 Å². The Morgan fingerprint density at radius 1 is 1.23 bits per heavy atom. The zero-order valence-corrected chi connectivity index (χ0v) is 8.40. The van der Waals surface area contributed by atoms with Gasteiger partial charge in [0, 0.05) is 18.4 Å². The number of nitrogens with zero attached hydrogens (tertiary/aromatic N) is 1. The monoisotopic (exact) mass is 178 g/mol. The molecule has 1 heterocycles. The topological polar surface area (TPSA) is 38.9 Å². The number of hydrogen-bond donors (Lipinski definition) is 1. The Kier molecular flexibility index (Phi) is 3.90. The molecule has 72 valence electrons. The summed E-state index contributed by atoms with van der Waals surface area (Å²) in [5, 5.41) is 0. The quantitative estimate of drug-likeness (QED) is 0.769. The van der Waals surface area contributed by atoms with Crippen LogP contribution in [0, 0.1) is 5.92 Å². The largest absolute Gasteiger partial charge is 0.324 e. The van der Waals surface area contributed by atoms with E-state index < -0.39 is 0 Å². The molecular formula is C11H18N2. The fourth-order valence-corrected chi connectivity index (χ4v) is 1.29. The number of aromatic nitrogens is 1. The Morgan fingerprint density at radius 2 is 1.85 bits per heavy atom. The van der Waals surface area contributed by atoms with E-state index in [0.717, 1.165) is 12.3 Å². The predicted octanol–water partition coefficient (Wildman–Crippen LogP) is 2.52. The lowest BCUT2D eigenvalue weighted by atomic mass is 9.99. The molecule has 2 N–H and O–H groups in total. The molecule has 0 aliphatic rings. The minimum Gasteiger partial charge on any atom is -0.324 e. The standard InChI is InChI=1S/C11H18N2/c1-9(2)3-4-11(12)10-5-7-13-8-6-10/h5-9,11H,3-4,12H2,1-2H3/t11-/m0/s1. The van der Waals surface area contributed by atoms with Gasteiger partial charge >= 0.3 is 0 Å². The number of pyridine rings is 1. The highest BCUT2D eigenvalue weighted by atomic mass is 14.6. The maximum absolute atomic E-state index is 6.02. The summed E-state index contributed by atoms with van der Waals surface area (Å²) in [5.41, 5.74) is 7.21. The summed E-state index contributed by atoms with van der Waals surface area (Å²) >= 11 is 0. The van der Waals surface area contributed by atoms with Crippen LogP contribution in [-0.2, 0) is 0 Å². The highest BCUT2D eigenvalue weighted by Crippen LogP contribution is 2.17. The second-order valence-electron chi connectivity index (χ2n) is 3.86. The molecule has 0 fully saturated rings. The summed E-state index contributed by atoms with van der Waals surface area (Å²) in [6, 6.07) is 4.15. The average Bonchev–Trinajstić information content (AvgIpc) is 2.15. The molecule has 0 saturated carbocycles. The average molecular weight is 178 g/mol. The van der Waals surface area contributed by atoms with Crippen molar-refractivity contribution in [3.05, 3.63) is 30.1 Å². The number of hydrogen-bond acceptors (Lipinski definition) is 2. The Morgan fingerprint density at radius 3 is 2.38 bits per heavy atom. The van der Waals surface area contributed by atoms with Crippen molar-refractivity contribution >= 4 is 0 Å².